The van der Waals surface area contributed by atoms with Gasteiger partial charge in [0.05, 0.1) is 18.7 Å². The fourth-order valence-corrected chi connectivity index (χ4v) is 2.35. The van der Waals surface area contributed by atoms with Crippen LogP contribution >= 0.6 is 0 Å². The number of ether oxygens (including phenoxy) is 1. The molecule has 0 amide bonds. The molecule has 1 aliphatic rings. The number of hydrogen-bond acceptors (Lipinski definition) is 3. The van der Waals surface area contributed by atoms with Gasteiger partial charge < -0.3 is 20.5 Å². The third-order valence-electron chi connectivity index (χ3n) is 3.88. The molecule has 0 spiro atoms. The largest absolute Gasteiger partial charge is 0.486 e. The first-order valence-corrected chi connectivity index (χ1v) is 8.18. The summed E-state index contributed by atoms with van der Waals surface area (Å²) in [5.74, 6) is 0.511. The van der Waals surface area contributed by atoms with Crippen LogP contribution in [-0.2, 0) is 0 Å². The fourth-order valence-electron chi connectivity index (χ4n) is 2.35. The minimum Gasteiger partial charge on any atom is -0.486 e. The molecule has 0 bridgehead atoms. The van der Waals surface area contributed by atoms with Gasteiger partial charge in [0.2, 0.25) is 0 Å². The van der Waals surface area contributed by atoms with Crippen LogP contribution in [0.4, 0.5) is 4.39 Å². The number of aliphatic hydroxyl groups is 1. The van der Waals surface area contributed by atoms with Crippen molar-refractivity contribution >= 4 is 5.96 Å². The van der Waals surface area contributed by atoms with Crippen LogP contribution in [0.3, 0.4) is 0 Å². The zero-order valence-electron chi connectivity index (χ0n) is 13.8. The molecule has 23 heavy (non-hydrogen) atoms. The van der Waals surface area contributed by atoms with Gasteiger partial charge in [-0.15, -0.1) is 0 Å². The zero-order valence-corrected chi connectivity index (χ0v) is 13.8. The van der Waals surface area contributed by atoms with Crippen LogP contribution in [0.5, 0.6) is 5.75 Å². The van der Waals surface area contributed by atoms with Gasteiger partial charge >= 0.3 is 0 Å². The Morgan fingerprint density at radius 3 is 2.74 bits per heavy atom. The van der Waals surface area contributed by atoms with E-state index in [1.54, 1.807) is 18.2 Å². The Bertz CT molecular complexity index is 532. The van der Waals surface area contributed by atoms with Crippen molar-refractivity contribution in [2.45, 2.75) is 44.8 Å². The molecule has 3 N–H and O–H groups in total. The van der Waals surface area contributed by atoms with Crippen molar-refractivity contribution in [3.05, 3.63) is 30.1 Å². The number of para-hydroxylation sites is 1. The molecule has 0 aromatic heterocycles. The molecular weight excluding hydrogens is 297 g/mol. The van der Waals surface area contributed by atoms with Gasteiger partial charge in [-0.3, -0.25) is 4.99 Å². The van der Waals surface area contributed by atoms with Gasteiger partial charge in [-0.1, -0.05) is 12.1 Å². The summed E-state index contributed by atoms with van der Waals surface area (Å²) in [4.78, 5) is 4.42. The van der Waals surface area contributed by atoms with Gasteiger partial charge in [0.25, 0.3) is 0 Å². The molecule has 0 radical (unpaired) electrons. The van der Waals surface area contributed by atoms with E-state index in [1.807, 2.05) is 13.8 Å². The van der Waals surface area contributed by atoms with E-state index in [-0.39, 0.29) is 17.7 Å². The average Bonchev–Trinajstić information content (AvgIpc) is 2.50. The van der Waals surface area contributed by atoms with Gasteiger partial charge in [-0.05, 0) is 45.2 Å². The van der Waals surface area contributed by atoms with Crippen LogP contribution < -0.4 is 15.4 Å². The summed E-state index contributed by atoms with van der Waals surface area (Å²) in [6, 6.07) is 6.35. The number of nitrogens with zero attached hydrogens (tertiary/aromatic N) is 1. The van der Waals surface area contributed by atoms with Crippen molar-refractivity contribution in [2.24, 2.45) is 4.99 Å². The number of guanidine groups is 1. The van der Waals surface area contributed by atoms with E-state index in [0.717, 1.165) is 25.8 Å². The highest BCUT2D eigenvalue weighted by Gasteiger charge is 2.34. The van der Waals surface area contributed by atoms with Gasteiger partial charge in [-0.25, -0.2) is 4.39 Å². The first-order chi connectivity index (χ1) is 11.0. The Hall–Kier alpha value is -1.82. The molecule has 1 atom stereocenters. The summed E-state index contributed by atoms with van der Waals surface area (Å²) in [7, 11) is 0. The minimum absolute atomic E-state index is 0.220. The van der Waals surface area contributed by atoms with Gasteiger partial charge in [0.15, 0.2) is 17.5 Å². The van der Waals surface area contributed by atoms with E-state index in [2.05, 4.69) is 15.6 Å². The predicted molar refractivity (Wildman–Crippen MR) is 89.3 cm³/mol. The fraction of sp³-hybridized carbons (Fsp3) is 0.588. The maximum absolute atomic E-state index is 13.6. The SMILES string of the molecule is CCNC(=NCC1(O)CCC1)NCC(C)Oc1ccccc1F. The maximum atomic E-state index is 13.6. The van der Waals surface area contributed by atoms with Crippen LogP contribution in [0, 0.1) is 5.82 Å². The lowest BCUT2D eigenvalue weighted by Crippen LogP contribution is -2.45. The molecule has 1 aromatic carbocycles. The lowest BCUT2D eigenvalue weighted by Gasteiger charge is -2.35. The topological polar surface area (TPSA) is 65.9 Å². The van der Waals surface area contributed by atoms with Crippen LogP contribution in [-0.4, -0.2) is 42.4 Å². The number of halogens is 1. The third kappa shape index (κ3) is 5.39. The second-order valence-electron chi connectivity index (χ2n) is 6.01. The van der Waals surface area contributed by atoms with Crippen LogP contribution in [0.2, 0.25) is 0 Å². The van der Waals surface area contributed by atoms with Gasteiger partial charge in [0, 0.05) is 6.54 Å². The van der Waals surface area contributed by atoms with E-state index in [9.17, 15) is 9.50 Å². The molecule has 1 fully saturated rings. The number of aliphatic imine (C=N–C) groups is 1. The standard InChI is InChI=1S/C17H26FN3O2/c1-3-19-16(21-12-17(22)9-6-10-17)20-11-13(2)23-15-8-5-4-7-14(15)18/h4-5,7-8,13,22H,3,6,9-12H2,1-2H3,(H2,19,20,21). The van der Waals surface area contributed by atoms with Crippen molar-refractivity contribution in [3.8, 4) is 5.75 Å². The Morgan fingerprint density at radius 1 is 1.39 bits per heavy atom. The van der Waals surface area contributed by atoms with E-state index < -0.39 is 5.60 Å². The number of rotatable bonds is 7. The molecule has 1 aliphatic carbocycles. The molecule has 0 saturated heterocycles. The highest BCUT2D eigenvalue weighted by molar-refractivity contribution is 5.79. The molecule has 0 aliphatic heterocycles. The third-order valence-corrected chi connectivity index (χ3v) is 3.88. The quantitative estimate of drug-likeness (QED) is 0.531. The second kappa shape index (κ2) is 8.15. The maximum Gasteiger partial charge on any atom is 0.191 e. The monoisotopic (exact) mass is 323 g/mol. The summed E-state index contributed by atoms with van der Waals surface area (Å²) in [6.45, 7) is 5.45. The minimum atomic E-state index is -0.641. The lowest BCUT2D eigenvalue weighted by molar-refractivity contribution is -0.0236. The number of nitrogens with one attached hydrogen (secondary N) is 2. The summed E-state index contributed by atoms with van der Waals surface area (Å²) < 4.78 is 19.1. The van der Waals surface area contributed by atoms with Gasteiger partial charge in [0.1, 0.15) is 6.10 Å². The van der Waals surface area contributed by atoms with Crippen molar-refractivity contribution in [3.63, 3.8) is 0 Å². The van der Waals surface area contributed by atoms with E-state index >= 15 is 0 Å². The molecule has 1 saturated carbocycles. The lowest BCUT2D eigenvalue weighted by atomic mass is 9.80. The molecule has 0 heterocycles. The van der Waals surface area contributed by atoms with Crippen LogP contribution in [0.15, 0.2) is 29.3 Å². The average molecular weight is 323 g/mol. The van der Waals surface area contributed by atoms with E-state index in [0.29, 0.717) is 19.0 Å². The van der Waals surface area contributed by atoms with E-state index in [1.165, 1.54) is 6.07 Å². The second-order valence-corrected chi connectivity index (χ2v) is 6.01. The van der Waals surface area contributed by atoms with Crippen molar-refractivity contribution in [1.82, 2.24) is 10.6 Å². The van der Waals surface area contributed by atoms with Crippen molar-refractivity contribution < 1.29 is 14.2 Å². The summed E-state index contributed by atoms with van der Waals surface area (Å²) >= 11 is 0. The van der Waals surface area contributed by atoms with Crippen LogP contribution in [0.1, 0.15) is 33.1 Å². The van der Waals surface area contributed by atoms with Crippen LogP contribution in [0.25, 0.3) is 0 Å². The van der Waals surface area contributed by atoms with E-state index in [4.69, 9.17) is 4.74 Å². The molecule has 6 heteroatoms. The first kappa shape index (κ1) is 17.5. The summed E-state index contributed by atoms with van der Waals surface area (Å²) in [5, 5.41) is 16.4. The number of benzene rings is 1. The highest BCUT2D eigenvalue weighted by Crippen LogP contribution is 2.31. The molecular formula is C17H26FN3O2. The molecule has 1 unspecified atom stereocenters. The zero-order chi connectivity index (χ0) is 16.7. The smallest absolute Gasteiger partial charge is 0.191 e. The Labute approximate surface area is 137 Å². The predicted octanol–water partition coefficient (Wildman–Crippen LogP) is 2.06. The highest BCUT2D eigenvalue weighted by atomic mass is 19.1. The van der Waals surface area contributed by atoms with Crippen molar-refractivity contribution in [1.29, 1.82) is 0 Å². The Balaban J connectivity index is 1.82. The normalized spacial score (nSPS) is 18.0. The molecule has 128 valence electrons. The summed E-state index contributed by atoms with van der Waals surface area (Å²) in [5.41, 5.74) is -0.641. The first-order valence-electron chi connectivity index (χ1n) is 8.18. The van der Waals surface area contributed by atoms with Gasteiger partial charge in [-0.2, -0.15) is 0 Å². The summed E-state index contributed by atoms with van der Waals surface area (Å²) in [6.07, 6.45) is 2.46. The molecule has 5 nitrogen and oxygen atoms in total. The Kier molecular flexibility index (Phi) is 6.21. The molecule has 1 aromatic rings. The Morgan fingerprint density at radius 2 is 2.13 bits per heavy atom. The van der Waals surface area contributed by atoms with Crippen molar-refractivity contribution in [2.75, 3.05) is 19.6 Å². The number of hydrogen-bond donors (Lipinski definition) is 3. The molecule has 2 rings (SSSR count).